The Kier molecular flexibility index (Phi) is 6.54. The molecule has 0 saturated carbocycles. The molecule has 1 aliphatic rings. The van der Waals surface area contributed by atoms with E-state index in [4.69, 9.17) is 0 Å². The van der Waals surface area contributed by atoms with Gasteiger partial charge in [0.15, 0.2) is 0 Å². The predicted octanol–water partition coefficient (Wildman–Crippen LogP) is 2.77. The molecule has 0 spiro atoms. The van der Waals surface area contributed by atoms with Crippen LogP contribution < -0.4 is 14.9 Å². The molecule has 1 amide bonds. The quantitative estimate of drug-likeness (QED) is 0.723. The minimum absolute atomic E-state index is 0.133. The van der Waals surface area contributed by atoms with E-state index in [0.717, 1.165) is 25.2 Å². The minimum atomic E-state index is -3.57. The van der Waals surface area contributed by atoms with Crippen LogP contribution >= 0.6 is 0 Å². The number of carbonyl (C=O) groups is 1. The van der Waals surface area contributed by atoms with Gasteiger partial charge >= 0.3 is 0 Å². The van der Waals surface area contributed by atoms with Crippen LogP contribution in [0.1, 0.15) is 30.6 Å². The Morgan fingerprint density at radius 3 is 2.41 bits per heavy atom. The molecular weight excluding hydrogens is 393 g/mol. The van der Waals surface area contributed by atoms with Gasteiger partial charge in [0.2, 0.25) is 10.0 Å². The summed E-state index contributed by atoms with van der Waals surface area (Å²) < 4.78 is 39.9. The van der Waals surface area contributed by atoms with Gasteiger partial charge in [-0.05, 0) is 74.7 Å². The second-order valence-electron chi connectivity index (χ2n) is 7.59. The van der Waals surface area contributed by atoms with E-state index >= 15 is 0 Å². The maximum absolute atomic E-state index is 13.1. The number of benzene rings is 2. The molecule has 1 unspecified atom stereocenters. The van der Waals surface area contributed by atoms with Crippen LogP contribution in [-0.2, 0) is 10.0 Å². The molecule has 6 nitrogen and oxygen atoms in total. The van der Waals surface area contributed by atoms with Gasteiger partial charge in [-0.3, -0.25) is 4.79 Å². The Balaban J connectivity index is 1.53. The number of rotatable bonds is 7. The van der Waals surface area contributed by atoms with Gasteiger partial charge in [-0.15, -0.1) is 0 Å². The third kappa shape index (κ3) is 5.55. The van der Waals surface area contributed by atoms with Gasteiger partial charge in [-0.25, -0.2) is 17.5 Å². The van der Waals surface area contributed by atoms with Crippen molar-refractivity contribution in [2.75, 3.05) is 24.5 Å². The zero-order valence-corrected chi connectivity index (χ0v) is 17.4. The van der Waals surface area contributed by atoms with Crippen LogP contribution in [0.5, 0.6) is 0 Å². The smallest absolute Gasteiger partial charge is 0.251 e. The van der Waals surface area contributed by atoms with Crippen LogP contribution in [0.3, 0.4) is 0 Å². The number of sulfonamides is 1. The summed E-state index contributed by atoms with van der Waals surface area (Å²) in [5.74, 6) is -0.180. The molecule has 29 heavy (non-hydrogen) atoms. The molecule has 1 heterocycles. The lowest BCUT2D eigenvalue weighted by atomic mass is 10.1. The molecule has 2 aromatic carbocycles. The minimum Gasteiger partial charge on any atom is -0.371 e. The van der Waals surface area contributed by atoms with Crippen molar-refractivity contribution in [3.8, 4) is 0 Å². The van der Waals surface area contributed by atoms with E-state index in [1.807, 2.05) is 0 Å². The highest BCUT2D eigenvalue weighted by Gasteiger charge is 2.23. The number of nitrogens with zero attached hydrogens (tertiary/aromatic N) is 1. The number of hydrogen-bond acceptors (Lipinski definition) is 4. The molecule has 8 heteroatoms. The van der Waals surface area contributed by atoms with Gasteiger partial charge < -0.3 is 10.2 Å². The molecule has 3 rings (SSSR count). The highest BCUT2D eigenvalue weighted by Crippen LogP contribution is 2.23. The van der Waals surface area contributed by atoms with E-state index in [0.29, 0.717) is 18.0 Å². The van der Waals surface area contributed by atoms with Crippen molar-refractivity contribution in [1.82, 2.24) is 10.0 Å². The Bertz CT molecular complexity index is 944. The third-order valence-corrected chi connectivity index (χ3v) is 6.52. The Labute approximate surface area is 171 Å². The molecular formula is C21H26FN3O3S. The summed E-state index contributed by atoms with van der Waals surface area (Å²) >= 11 is 0. The first kappa shape index (κ1) is 21.3. The monoisotopic (exact) mass is 419 g/mol. The molecule has 0 aromatic heterocycles. The van der Waals surface area contributed by atoms with Crippen molar-refractivity contribution in [3.05, 3.63) is 59.9 Å². The van der Waals surface area contributed by atoms with Gasteiger partial charge in [0.1, 0.15) is 5.82 Å². The van der Waals surface area contributed by atoms with Gasteiger partial charge in [-0.1, -0.05) is 0 Å². The first-order valence-corrected chi connectivity index (χ1v) is 11.1. The Hall–Kier alpha value is -2.45. The van der Waals surface area contributed by atoms with E-state index in [9.17, 15) is 17.6 Å². The van der Waals surface area contributed by atoms with Gasteiger partial charge in [0.05, 0.1) is 4.90 Å². The standard InChI is InChI=1S/C21H26FN3O3S/c1-15(2)24-29(27,28)20-9-3-17(4-10-20)21(26)23-13-16-11-12-25(14-16)19-7-5-18(22)6-8-19/h3-10,15-16,24H,11-14H2,1-2H3,(H,23,26). The van der Waals surface area contributed by atoms with Gasteiger partial charge in [0, 0.05) is 36.9 Å². The van der Waals surface area contributed by atoms with E-state index in [1.165, 1.54) is 36.4 Å². The molecule has 1 fully saturated rings. The second kappa shape index (κ2) is 8.92. The largest absolute Gasteiger partial charge is 0.371 e. The normalized spacial score (nSPS) is 17.0. The van der Waals surface area contributed by atoms with Crippen LogP contribution in [0.25, 0.3) is 0 Å². The molecule has 0 aliphatic carbocycles. The summed E-state index contributed by atoms with van der Waals surface area (Å²) in [6.07, 6.45) is 0.940. The lowest BCUT2D eigenvalue weighted by Gasteiger charge is -2.19. The van der Waals surface area contributed by atoms with Crippen molar-refractivity contribution in [1.29, 1.82) is 0 Å². The lowest BCUT2D eigenvalue weighted by Crippen LogP contribution is -2.31. The SMILES string of the molecule is CC(C)NS(=O)(=O)c1ccc(C(=O)NCC2CCN(c3ccc(F)cc3)C2)cc1. The number of amides is 1. The summed E-state index contributed by atoms with van der Waals surface area (Å²) in [6, 6.07) is 12.1. The van der Waals surface area contributed by atoms with Crippen molar-refractivity contribution < 1.29 is 17.6 Å². The molecule has 156 valence electrons. The number of anilines is 1. The fraction of sp³-hybridized carbons (Fsp3) is 0.381. The van der Waals surface area contributed by atoms with Crippen LogP contribution in [0.2, 0.25) is 0 Å². The maximum Gasteiger partial charge on any atom is 0.251 e. The lowest BCUT2D eigenvalue weighted by molar-refractivity contribution is 0.0948. The van der Waals surface area contributed by atoms with Crippen LogP contribution in [0.15, 0.2) is 53.4 Å². The van der Waals surface area contributed by atoms with Gasteiger partial charge in [0.25, 0.3) is 5.91 Å². The Morgan fingerprint density at radius 1 is 1.14 bits per heavy atom. The number of carbonyl (C=O) groups excluding carboxylic acids is 1. The molecule has 1 atom stereocenters. The van der Waals surface area contributed by atoms with Crippen molar-refractivity contribution in [2.45, 2.75) is 31.2 Å². The van der Waals surface area contributed by atoms with Gasteiger partial charge in [-0.2, -0.15) is 0 Å². The van der Waals surface area contributed by atoms with Crippen LogP contribution in [-0.4, -0.2) is 40.0 Å². The first-order chi connectivity index (χ1) is 13.7. The zero-order chi connectivity index (χ0) is 21.0. The summed E-state index contributed by atoms with van der Waals surface area (Å²) in [7, 11) is -3.57. The molecule has 1 aliphatic heterocycles. The highest BCUT2D eigenvalue weighted by molar-refractivity contribution is 7.89. The first-order valence-electron chi connectivity index (χ1n) is 9.66. The van der Waals surface area contributed by atoms with Crippen molar-refractivity contribution in [3.63, 3.8) is 0 Å². The average molecular weight is 420 g/mol. The second-order valence-corrected chi connectivity index (χ2v) is 9.30. The maximum atomic E-state index is 13.1. The summed E-state index contributed by atoms with van der Waals surface area (Å²) in [5, 5.41) is 2.92. The number of hydrogen-bond donors (Lipinski definition) is 2. The number of nitrogens with one attached hydrogen (secondary N) is 2. The van der Waals surface area contributed by atoms with E-state index in [2.05, 4.69) is 14.9 Å². The summed E-state index contributed by atoms with van der Waals surface area (Å²) in [6.45, 7) is 5.69. The molecule has 1 saturated heterocycles. The highest BCUT2D eigenvalue weighted by atomic mass is 32.2. The van der Waals surface area contributed by atoms with Crippen molar-refractivity contribution >= 4 is 21.6 Å². The topological polar surface area (TPSA) is 78.5 Å². The average Bonchev–Trinajstić information content (AvgIpc) is 3.15. The molecule has 2 N–H and O–H groups in total. The summed E-state index contributed by atoms with van der Waals surface area (Å²) in [5.41, 5.74) is 1.40. The van der Waals surface area contributed by atoms with E-state index in [1.54, 1.807) is 26.0 Å². The zero-order valence-electron chi connectivity index (χ0n) is 16.6. The molecule has 0 bridgehead atoms. The van der Waals surface area contributed by atoms with E-state index in [-0.39, 0.29) is 22.7 Å². The van der Waals surface area contributed by atoms with E-state index < -0.39 is 10.0 Å². The Morgan fingerprint density at radius 2 is 1.79 bits per heavy atom. The van der Waals surface area contributed by atoms with Crippen LogP contribution in [0.4, 0.5) is 10.1 Å². The fourth-order valence-electron chi connectivity index (χ4n) is 3.39. The summed E-state index contributed by atoms with van der Waals surface area (Å²) in [4.78, 5) is 14.7. The van der Waals surface area contributed by atoms with Crippen LogP contribution in [0, 0.1) is 11.7 Å². The fourth-order valence-corrected chi connectivity index (χ4v) is 4.64. The third-order valence-electron chi connectivity index (χ3n) is 4.85. The molecule has 2 aromatic rings. The van der Waals surface area contributed by atoms with Crippen molar-refractivity contribution in [2.24, 2.45) is 5.92 Å². The number of halogens is 1. The predicted molar refractivity (Wildman–Crippen MR) is 111 cm³/mol. The molecule has 0 radical (unpaired) electrons.